The lowest BCUT2D eigenvalue weighted by atomic mass is 10.2. The molecule has 0 atom stereocenters. The minimum absolute atomic E-state index is 0.0571. The van der Waals surface area contributed by atoms with E-state index in [-0.39, 0.29) is 17.2 Å². The highest BCUT2D eigenvalue weighted by Crippen LogP contribution is 2.24. The van der Waals surface area contributed by atoms with E-state index in [9.17, 15) is 9.59 Å². The number of fused-ring (bicyclic) bond motifs is 1. The molecule has 0 N–H and O–H groups in total. The Labute approximate surface area is 189 Å². The molecule has 0 saturated carbocycles. The zero-order chi connectivity index (χ0) is 21.5. The van der Waals surface area contributed by atoms with E-state index in [0.29, 0.717) is 48.8 Å². The maximum Gasteiger partial charge on any atom is 0.262 e. The van der Waals surface area contributed by atoms with Gasteiger partial charge in [0.1, 0.15) is 0 Å². The number of nitrogens with zero attached hydrogens (tertiary/aromatic N) is 3. The molecule has 8 heteroatoms. The van der Waals surface area contributed by atoms with Crippen LogP contribution in [0, 0.1) is 0 Å². The minimum atomic E-state index is -0.0846. The van der Waals surface area contributed by atoms with E-state index >= 15 is 0 Å². The fourth-order valence-corrected chi connectivity index (χ4v) is 4.85. The van der Waals surface area contributed by atoms with Gasteiger partial charge in [-0.25, -0.2) is 4.98 Å². The van der Waals surface area contributed by atoms with Gasteiger partial charge in [-0.1, -0.05) is 33.8 Å². The number of benzene rings is 1. The second kappa shape index (κ2) is 11.1. The summed E-state index contributed by atoms with van der Waals surface area (Å²) in [4.78, 5) is 32.6. The van der Waals surface area contributed by atoms with Gasteiger partial charge >= 0.3 is 0 Å². The molecule has 0 spiro atoms. The predicted molar refractivity (Wildman–Crippen MR) is 125 cm³/mol. The summed E-state index contributed by atoms with van der Waals surface area (Å²) in [6.45, 7) is 6.35. The molecule has 0 saturated heterocycles. The van der Waals surface area contributed by atoms with Crippen LogP contribution in [-0.2, 0) is 16.1 Å². The lowest BCUT2D eigenvalue weighted by Gasteiger charge is -2.22. The number of allylic oxidation sites excluding steroid dienone is 2. The predicted octanol–water partition coefficient (Wildman–Crippen LogP) is 4.59. The van der Waals surface area contributed by atoms with E-state index in [0.717, 1.165) is 29.4 Å². The number of thioether (sulfide) groups is 1. The highest BCUT2D eigenvalue weighted by molar-refractivity contribution is 9.10. The van der Waals surface area contributed by atoms with Gasteiger partial charge in [-0.05, 0) is 57.7 Å². The molecular weight excluding hydrogens is 466 g/mol. The SMILES string of the molecule is CCOCCCn1c(SCC(=O)N(CC)C2=CCCC2)nc2ccc(Br)cc2c1=O. The van der Waals surface area contributed by atoms with Crippen LogP contribution in [0.5, 0.6) is 0 Å². The highest BCUT2D eigenvalue weighted by Gasteiger charge is 2.20. The van der Waals surface area contributed by atoms with Gasteiger partial charge in [0, 0.05) is 36.5 Å². The lowest BCUT2D eigenvalue weighted by Crippen LogP contribution is -2.31. The van der Waals surface area contributed by atoms with Crippen LogP contribution in [0.25, 0.3) is 10.9 Å². The molecule has 6 nitrogen and oxygen atoms in total. The van der Waals surface area contributed by atoms with E-state index in [1.807, 2.05) is 30.9 Å². The number of amides is 1. The van der Waals surface area contributed by atoms with Crippen LogP contribution < -0.4 is 5.56 Å². The first-order valence-electron chi connectivity index (χ1n) is 10.4. The van der Waals surface area contributed by atoms with Crippen molar-refractivity contribution in [2.45, 2.75) is 51.2 Å². The standard InChI is InChI=1S/C22H28BrN3O3S/c1-3-25(17-8-5-6-9-17)20(27)15-30-22-24-19-11-10-16(23)14-18(19)21(28)26(22)12-7-13-29-4-2/h8,10-11,14H,3-7,9,12-13,15H2,1-2H3. The molecule has 1 heterocycles. The molecule has 2 aromatic rings. The maximum absolute atomic E-state index is 13.2. The smallest absolute Gasteiger partial charge is 0.262 e. The summed E-state index contributed by atoms with van der Waals surface area (Å²) in [5, 5.41) is 1.15. The monoisotopic (exact) mass is 493 g/mol. The molecule has 30 heavy (non-hydrogen) atoms. The zero-order valence-electron chi connectivity index (χ0n) is 17.5. The normalized spacial score (nSPS) is 13.6. The molecule has 1 aliphatic carbocycles. The molecule has 0 aliphatic heterocycles. The van der Waals surface area contributed by atoms with Crippen LogP contribution in [0.15, 0.2) is 44.4 Å². The van der Waals surface area contributed by atoms with Crippen molar-refractivity contribution in [2.75, 3.05) is 25.5 Å². The Hall–Kier alpha value is -1.64. The quantitative estimate of drug-likeness (QED) is 0.275. The van der Waals surface area contributed by atoms with E-state index in [1.54, 1.807) is 10.6 Å². The Kier molecular flexibility index (Phi) is 8.53. The summed E-state index contributed by atoms with van der Waals surface area (Å²) in [6, 6.07) is 5.51. The molecule has 1 aromatic heterocycles. The summed E-state index contributed by atoms with van der Waals surface area (Å²) in [5.74, 6) is 0.312. The number of aromatic nitrogens is 2. The number of ether oxygens (including phenoxy) is 1. The minimum Gasteiger partial charge on any atom is -0.382 e. The highest BCUT2D eigenvalue weighted by atomic mass is 79.9. The van der Waals surface area contributed by atoms with E-state index in [2.05, 4.69) is 22.0 Å². The van der Waals surface area contributed by atoms with Crippen LogP contribution in [0.3, 0.4) is 0 Å². The topological polar surface area (TPSA) is 64.4 Å². The van der Waals surface area contributed by atoms with Gasteiger partial charge in [-0.15, -0.1) is 0 Å². The molecule has 0 radical (unpaired) electrons. The fraction of sp³-hybridized carbons (Fsp3) is 0.500. The van der Waals surface area contributed by atoms with Crippen molar-refractivity contribution in [2.24, 2.45) is 0 Å². The Morgan fingerprint density at radius 1 is 1.37 bits per heavy atom. The first-order valence-corrected chi connectivity index (χ1v) is 12.2. The Morgan fingerprint density at radius 3 is 2.90 bits per heavy atom. The first-order chi connectivity index (χ1) is 14.5. The summed E-state index contributed by atoms with van der Waals surface area (Å²) in [6.07, 6.45) is 5.96. The summed E-state index contributed by atoms with van der Waals surface area (Å²) < 4.78 is 7.94. The van der Waals surface area contributed by atoms with Crippen molar-refractivity contribution in [1.29, 1.82) is 0 Å². The second-order valence-corrected chi connectivity index (χ2v) is 8.94. The summed E-state index contributed by atoms with van der Waals surface area (Å²) in [5.41, 5.74) is 1.68. The number of rotatable bonds is 10. The maximum atomic E-state index is 13.2. The number of carbonyl (C=O) groups is 1. The molecule has 1 amide bonds. The average molecular weight is 494 g/mol. The van der Waals surface area contributed by atoms with Gasteiger partial charge in [0.2, 0.25) is 5.91 Å². The third-order valence-corrected chi connectivity index (χ3v) is 6.52. The van der Waals surface area contributed by atoms with Crippen molar-refractivity contribution in [3.05, 3.63) is 44.8 Å². The van der Waals surface area contributed by atoms with Crippen LogP contribution in [0.4, 0.5) is 0 Å². The van der Waals surface area contributed by atoms with Crippen LogP contribution in [0.1, 0.15) is 39.5 Å². The number of carbonyl (C=O) groups excluding carboxylic acids is 1. The third-order valence-electron chi connectivity index (χ3n) is 5.06. The molecule has 0 bridgehead atoms. The van der Waals surface area contributed by atoms with Gasteiger partial charge in [0.05, 0.1) is 16.7 Å². The third kappa shape index (κ3) is 5.53. The Morgan fingerprint density at radius 2 is 2.20 bits per heavy atom. The summed E-state index contributed by atoms with van der Waals surface area (Å²) in [7, 11) is 0. The fourth-order valence-electron chi connectivity index (χ4n) is 3.59. The summed E-state index contributed by atoms with van der Waals surface area (Å²) >= 11 is 4.77. The van der Waals surface area contributed by atoms with E-state index < -0.39 is 0 Å². The van der Waals surface area contributed by atoms with Gasteiger partial charge < -0.3 is 9.64 Å². The van der Waals surface area contributed by atoms with Crippen LogP contribution in [0.2, 0.25) is 0 Å². The Balaban J connectivity index is 1.84. The van der Waals surface area contributed by atoms with Crippen molar-refractivity contribution in [3.63, 3.8) is 0 Å². The Bertz CT molecular complexity index is 989. The van der Waals surface area contributed by atoms with Crippen LogP contribution >= 0.6 is 27.7 Å². The van der Waals surface area contributed by atoms with Gasteiger partial charge in [0.25, 0.3) is 5.56 Å². The van der Waals surface area contributed by atoms with Gasteiger partial charge in [-0.3, -0.25) is 14.2 Å². The van der Waals surface area contributed by atoms with E-state index in [4.69, 9.17) is 9.72 Å². The number of halogens is 1. The number of hydrogen-bond acceptors (Lipinski definition) is 5. The van der Waals surface area contributed by atoms with Gasteiger partial charge in [-0.2, -0.15) is 0 Å². The molecule has 162 valence electrons. The van der Waals surface area contributed by atoms with Crippen molar-refractivity contribution >= 4 is 44.5 Å². The van der Waals surface area contributed by atoms with Crippen molar-refractivity contribution in [1.82, 2.24) is 14.5 Å². The van der Waals surface area contributed by atoms with Crippen molar-refractivity contribution < 1.29 is 9.53 Å². The molecule has 3 rings (SSSR count). The zero-order valence-corrected chi connectivity index (χ0v) is 19.9. The van der Waals surface area contributed by atoms with E-state index in [1.165, 1.54) is 11.8 Å². The molecule has 0 unspecified atom stereocenters. The average Bonchev–Trinajstić information content (AvgIpc) is 3.26. The number of hydrogen-bond donors (Lipinski definition) is 0. The first kappa shape index (κ1) is 23.0. The largest absolute Gasteiger partial charge is 0.382 e. The molecule has 1 aliphatic rings. The van der Waals surface area contributed by atoms with Gasteiger partial charge in [0.15, 0.2) is 5.16 Å². The van der Waals surface area contributed by atoms with Crippen LogP contribution in [-0.4, -0.2) is 45.9 Å². The molecule has 0 fully saturated rings. The second-order valence-electron chi connectivity index (χ2n) is 7.08. The lowest BCUT2D eigenvalue weighted by molar-refractivity contribution is -0.126. The molecular formula is C22H28BrN3O3S. The van der Waals surface area contributed by atoms with Crippen molar-refractivity contribution in [3.8, 4) is 0 Å². The molecule has 1 aromatic carbocycles.